The van der Waals surface area contributed by atoms with Crippen LogP contribution in [-0.2, 0) is 21.5 Å². The van der Waals surface area contributed by atoms with E-state index in [4.69, 9.17) is 23.2 Å². The molecule has 0 bridgehead atoms. The van der Waals surface area contributed by atoms with Gasteiger partial charge in [0.15, 0.2) is 0 Å². The van der Waals surface area contributed by atoms with E-state index in [2.05, 4.69) is 22.5 Å². The van der Waals surface area contributed by atoms with E-state index >= 15 is 0 Å². The zero-order valence-electron chi connectivity index (χ0n) is 19.0. The first-order chi connectivity index (χ1) is 15.9. The fourth-order valence-electron chi connectivity index (χ4n) is 4.83. The molecule has 1 fully saturated rings. The van der Waals surface area contributed by atoms with Crippen molar-refractivity contribution in [1.29, 1.82) is 0 Å². The number of nitrogens with one attached hydrogen (secondary N) is 2. The highest BCUT2D eigenvalue weighted by Gasteiger charge is 2.51. The summed E-state index contributed by atoms with van der Waals surface area (Å²) in [7, 11) is 0. The largest absolute Gasteiger partial charge is 0.352 e. The molecule has 1 aliphatic carbocycles. The Bertz CT molecular complexity index is 1020. The fourth-order valence-corrected chi connectivity index (χ4v) is 5.21. The van der Waals surface area contributed by atoms with Crippen LogP contribution >= 0.6 is 23.2 Å². The number of benzene rings is 2. The van der Waals surface area contributed by atoms with Gasteiger partial charge >= 0.3 is 0 Å². The quantitative estimate of drug-likeness (QED) is 0.432. The van der Waals surface area contributed by atoms with E-state index < -0.39 is 5.54 Å². The zero-order valence-corrected chi connectivity index (χ0v) is 20.5. The van der Waals surface area contributed by atoms with Gasteiger partial charge in [-0.25, -0.2) is 0 Å². The van der Waals surface area contributed by atoms with Crippen LogP contribution in [0.1, 0.15) is 56.6 Å². The Morgan fingerprint density at radius 2 is 1.94 bits per heavy atom. The first-order valence-electron chi connectivity index (χ1n) is 11.8. The molecule has 5 nitrogen and oxygen atoms in total. The molecule has 2 amide bonds. The standard InChI is InChI=1S/C26H31Cl2N3O2/c1-2-3-4-13-31(17-24(32)29-21-9-6-10-21)26(16-18-7-5-8-19(27)14-18)22-12-11-20(28)15-23(22)30-25(26)33/h5,7-8,11-12,14-15,21H,2-4,6,9-10,13,16-17H2,1H3,(H,29,32)(H,30,33). The lowest BCUT2D eigenvalue weighted by atomic mass is 9.82. The molecule has 2 aromatic rings. The minimum atomic E-state index is -1.02. The SMILES string of the molecule is CCCCCN(CC(=O)NC1CCC1)C1(Cc2cccc(Cl)c2)C(=O)Nc2cc(Cl)ccc21. The van der Waals surface area contributed by atoms with E-state index in [-0.39, 0.29) is 24.4 Å². The number of halogens is 2. The van der Waals surface area contributed by atoms with Gasteiger partial charge in [0.25, 0.3) is 0 Å². The smallest absolute Gasteiger partial charge is 0.249 e. The molecule has 0 saturated heterocycles. The maximum Gasteiger partial charge on any atom is 0.249 e. The Hall–Kier alpha value is -2.08. The summed E-state index contributed by atoms with van der Waals surface area (Å²) in [6, 6.07) is 13.4. The molecule has 0 aromatic heterocycles. The molecule has 33 heavy (non-hydrogen) atoms. The number of carbonyl (C=O) groups excluding carboxylic acids is 2. The molecule has 1 aliphatic heterocycles. The second-order valence-electron chi connectivity index (χ2n) is 9.14. The van der Waals surface area contributed by atoms with Crippen molar-refractivity contribution in [2.45, 2.75) is 63.5 Å². The third kappa shape index (κ3) is 5.21. The number of carbonyl (C=O) groups is 2. The van der Waals surface area contributed by atoms with E-state index in [0.29, 0.717) is 28.7 Å². The summed E-state index contributed by atoms with van der Waals surface area (Å²) in [5.74, 6) is -0.162. The summed E-state index contributed by atoms with van der Waals surface area (Å²) in [6.07, 6.45) is 6.61. The molecule has 176 valence electrons. The van der Waals surface area contributed by atoms with Gasteiger partial charge < -0.3 is 10.6 Å². The van der Waals surface area contributed by atoms with Gasteiger partial charge in [0.05, 0.1) is 6.54 Å². The second-order valence-corrected chi connectivity index (χ2v) is 10.0. The number of anilines is 1. The minimum Gasteiger partial charge on any atom is -0.352 e. The monoisotopic (exact) mass is 487 g/mol. The van der Waals surface area contributed by atoms with E-state index in [0.717, 1.165) is 49.7 Å². The Balaban J connectivity index is 1.74. The lowest BCUT2D eigenvalue weighted by molar-refractivity contribution is -0.132. The summed E-state index contributed by atoms with van der Waals surface area (Å²) in [4.78, 5) is 28.8. The van der Waals surface area contributed by atoms with Gasteiger partial charge in [0.2, 0.25) is 11.8 Å². The van der Waals surface area contributed by atoms with Crippen molar-refractivity contribution >= 4 is 40.7 Å². The summed E-state index contributed by atoms with van der Waals surface area (Å²) in [5, 5.41) is 7.37. The van der Waals surface area contributed by atoms with Gasteiger partial charge in [-0.1, -0.05) is 61.2 Å². The molecule has 2 aromatic carbocycles. The molecule has 4 rings (SSSR count). The van der Waals surface area contributed by atoms with E-state index in [1.54, 1.807) is 6.07 Å². The second kappa shape index (κ2) is 10.5. The van der Waals surface area contributed by atoms with Crippen LogP contribution in [0.5, 0.6) is 0 Å². The molecule has 7 heteroatoms. The van der Waals surface area contributed by atoms with Crippen molar-refractivity contribution in [2.24, 2.45) is 0 Å². The normalized spacial score (nSPS) is 19.8. The third-order valence-corrected chi connectivity index (χ3v) is 7.25. The van der Waals surface area contributed by atoms with Crippen molar-refractivity contribution in [2.75, 3.05) is 18.4 Å². The Morgan fingerprint density at radius 3 is 2.64 bits per heavy atom. The van der Waals surface area contributed by atoms with Crippen LogP contribution in [-0.4, -0.2) is 35.8 Å². The Kier molecular flexibility index (Phi) is 7.62. The highest BCUT2D eigenvalue weighted by atomic mass is 35.5. The number of hydrogen-bond donors (Lipinski definition) is 2. The average molecular weight is 488 g/mol. The maximum absolute atomic E-state index is 13.7. The van der Waals surface area contributed by atoms with Crippen LogP contribution in [0.25, 0.3) is 0 Å². The van der Waals surface area contributed by atoms with Crippen molar-refractivity contribution in [1.82, 2.24) is 10.2 Å². The average Bonchev–Trinajstić information content (AvgIpc) is 3.01. The summed E-state index contributed by atoms with van der Waals surface area (Å²) < 4.78 is 0. The molecule has 1 unspecified atom stereocenters. The van der Waals surface area contributed by atoms with Crippen LogP contribution in [0.15, 0.2) is 42.5 Å². The molecule has 2 aliphatic rings. The van der Waals surface area contributed by atoms with Crippen molar-refractivity contribution in [3.8, 4) is 0 Å². The van der Waals surface area contributed by atoms with Crippen LogP contribution in [0, 0.1) is 0 Å². The predicted octanol–water partition coefficient (Wildman–Crippen LogP) is 5.54. The van der Waals surface area contributed by atoms with Gasteiger partial charge in [-0.15, -0.1) is 0 Å². The van der Waals surface area contributed by atoms with E-state index in [1.807, 2.05) is 36.4 Å². The summed E-state index contributed by atoms with van der Waals surface area (Å²) in [5.41, 5.74) is 1.48. The van der Waals surface area contributed by atoms with Crippen molar-refractivity contribution < 1.29 is 9.59 Å². The van der Waals surface area contributed by atoms with Crippen LogP contribution in [0.4, 0.5) is 5.69 Å². The van der Waals surface area contributed by atoms with Gasteiger partial charge in [-0.05, 0) is 55.5 Å². The Labute approximate surface area is 205 Å². The van der Waals surface area contributed by atoms with Crippen molar-refractivity contribution in [3.05, 3.63) is 63.6 Å². The van der Waals surface area contributed by atoms with Gasteiger partial charge in [0.1, 0.15) is 5.54 Å². The number of fused-ring (bicyclic) bond motifs is 1. The van der Waals surface area contributed by atoms with Gasteiger partial charge in [0, 0.05) is 40.3 Å². The van der Waals surface area contributed by atoms with Crippen molar-refractivity contribution in [3.63, 3.8) is 0 Å². The Morgan fingerprint density at radius 1 is 1.15 bits per heavy atom. The molecule has 0 spiro atoms. The molecule has 1 heterocycles. The molecule has 0 radical (unpaired) electrons. The fraction of sp³-hybridized carbons (Fsp3) is 0.462. The molecular formula is C26H31Cl2N3O2. The zero-order chi connectivity index (χ0) is 23.4. The van der Waals surface area contributed by atoms with E-state index in [9.17, 15) is 9.59 Å². The van der Waals surface area contributed by atoms with Gasteiger partial charge in [-0.2, -0.15) is 0 Å². The van der Waals surface area contributed by atoms with Crippen LogP contribution in [0.2, 0.25) is 10.0 Å². The predicted molar refractivity (Wildman–Crippen MR) is 134 cm³/mol. The first-order valence-corrected chi connectivity index (χ1v) is 12.6. The maximum atomic E-state index is 13.7. The highest BCUT2D eigenvalue weighted by molar-refractivity contribution is 6.31. The van der Waals surface area contributed by atoms with E-state index in [1.165, 1.54) is 0 Å². The number of rotatable bonds is 10. The third-order valence-electron chi connectivity index (χ3n) is 6.78. The molecule has 2 N–H and O–H groups in total. The van der Waals surface area contributed by atoms with Gasteiger partial charge in [-0.3, -0.25) is 14.5 Å². The number of hydrogen-bond acceptors (Lipinski definition) is 3. The first kappa shape index (κ1) is 24.1. The number of unbranched alkanes of at least 4 members (excludes halogenated alkanes) is 2. The van der Waals surface area contributed by atoms with Crippen LogP contribution in [0.3, 0.4) is 0 Å². The molecular weight excluding hydrogens is 457 g/mol. The van der Waals surface area contributed by atoms with Crippen LogP contribution < -0.4 is 10.6 Å². The molecule has 1 saturated carbocycles. The lowest BCUT2D eigenvalue weighted by Crippen LogP contribution is -2.56. The molecule has 1 atom stereocenters. The minimum absolute atomic E-state index is 0.0307. The number of amides is 2. The summed E-state index contributed by atoms with van der Waals surface area (Å²) in [6.45, 7) is 2.95. The summed E-state index contributed by atoms with van der Waals surface area (Å²) >= 11 is 12.5. The highest BCUT2D eigenvalue weighted by Crippen LogP contribution is 2.44. The topological polar surface area (TPSA) is 61.4 Å². The number of nitrogens with zero attached hydrogens (tertiary/aromatic N) is 1. The lowest BCUT2D eigenvalue weighted by Gasteiger charge is -2.40.